The maximum absolute atomic E-state index is 14.1. The summed E-state index contributed by atoms with van der Waals surface area (Å²) in [4.78, 5) is 28.2. The molecule has 0 unspecified atom stereocenters. The van der Waals surface area contributed by atoms with Gasteiger partial charge in [0, 0.05) is 20.5 Å². The molecule has 4 nitrogen and oxygen atoms in total. The predicted octanol–water partition coefficient (Wildman–Crippen LogP) is 13.2. The smallest absolute Gasteiger partial charge is 0.345 e. The first-order valence-electron chi connectivity index (χ1n) is 18.2. The lowest BCUT2D eigenvalue weighted by atomic mass is 9.87. The van der Waals surface area contributed by atoms with Gasteiger partial charge in [-0.05, 0) is 77.5 Å². The Labute approximate surface area is 317 Å². The molecule has 0 spiro atoms. The molecule has 0 saturated heterocycles. The summed E-state index contributed by atoms with van der Waals surface area (Å²) in [5, 5.41) is 8.63. The third kappa shape index (κ3) is 4.77. The summed E-state index contributed by atoms with van der Waals surface area (Å²) in [6.45, 7) is 0. The Morgan fingerprint density at radius 1 is 0.327 bits per heavy atom. The van der Waals surface area contributed by atoms with Crippen molar-refractivity contribution in [1.82, 2.24) is 0 Å². The molecule has 0 aliphatic carbocycles. The maximum atomic E-state index is 14.1. The molecule has 11 rings (SSSR count). The topological polar surface area (TPSA) is 60.4 Å². The van der Waals surface area contributed by atoms with E-state index in [2.05, 4.69) is 72.8 Å². The van der Waals surface area contributed by atoms with E-state index >= 15 is 0 Å². The molecule has 5 heteroatoms. The molecule has 0 saturated carbocycles. The van der Waals surface area contributed by atoms with E-state index in [4.69, 9.17) is 8.83 Å². The lowest BCUT2D eigenvalue weighted by Gasteiger charge is -2.16. The second kappa shape index (κ2) is 12.2. The molecule has 8 aromatic carbocycles. The first kappa shape index (κ1) is 31.4. The Hall–Kier alpha value is -7.08. The van der Waals surface area contributed by atoms with Crippen LogP contribution in [-0.4, -0.2) is 0 Å². The van der Waals surface area contributed by atoms with E-state index in [-0.39, 0.29) is 10.8 Å². The monoisotopic (exact) mass is 724 g/mol. The SMILES string of the molecule is O=c1oc(-c2c3ccccc3c(-c3ccccc3)c3ccccc23)cc2sc3cc(-c4c5ccccc5c(-c5ccccc5)c5ccccc45)oc(=O)c3c12. The molecule has 0 amide bonds. The van der Waals surface area contributed by atoms with Gasteiger partial charge in [-0.1, -0.05) is 158 Å². The van der Waals surface area contributed by atoms with Gasteiger partial charge >= 0.3 is 11.3 Å². The normalized spacial score (nSPS) is 11.8. The van der Waals surface area contributed by atoms with Crippen LogP contribution in [0.5, 0.6) is 0 Å². The van der Waals surface area contributed by atoms with Crippen molar-refractivity contribution in [2.75, 3.05) is 0 Å². The highest BCUT2D eigenvalue weighted by molar-refractivity contribution is 7.25. The van der Waals surface area contributed by atoms with E-state index in [9.17, 15) is 9.59 Å². The van der Waals surface area contributed by atoms with Gasteiger partial charge in [-0.15, -0.1) is 11.3 Å². The third-order valence-electron chi connectivity index (χ3n) is 10.8. The fourth-order valence-electron chi connectivity index (χ4n) is 8.54. The van der Waals surface area contributed by atoms with Crippen LogP contribution in [0.1, 0.15) is 0 Å². The van der Waals surface area contributed by atoms with Gasteiger partial charge in [0.25, 0.3) is 0 Å². The minimum absolute atomic E-state index is 0.243. The maximum Gasteiger partial charge on any atom is 0.345 e. The molecule has 0 bridgehead atoms. The van der Waals surface area contributed by atoms with E-state index in [1.165, 1.54) is 11.3 Å². The minimum atomic E-state index is -0.567. The molecule has 0 fully saturated rings. The second-order valence-electron chi connectivity index (χ2n) is 13.8. The molecule has 3 aromatic heterocycles. The highest BCUT2D eigenvalue weighted by atomic mass is 32.1. The van der Waals surface area contributed by atoms with Crippen LogP contribution in [0, 0.1) is 0 Å². The number of rotatable bonds is 4. The van der Waals surface area contributed by atoms with Crippen molar-refractivity contribution in [2.24, 2.45) is 0 Å². The molecule has 55 heavy (non-hydrogen) atoms. The van der Waals surface area contributed by atoms with Crippen molar-refractivity contribution in [2.45, 2.75) is 0 Å². The molecule has 258 valence electrons. The van der Waals surface area contributed by atoms with E-state index in [0.717, 1.165) is 76.5 Å². The summed E-state index contributed by atoms with van der Waals surface area (Å²) in [6.07, 6.45) is 0. The van der Waals surface area contributed by atoms with E-state index < -0.39 is 11.3 Å². The predicted molar refractivity (Wildman–Crippen MR) is 228 cm³/mol. The summed E-state index contributed by atoms with van der Waals surface area (Å²) in [6, 6.07) is 57.6. The largest absolute Gasteiger partial charge is 0.422 e. The third-order valence-corrected chi connectivity index (χ3v) is 11.9. The van der Waals surface area contributed by atoms with Gasteiger partial charge in [-0.3, -0.25) is 0 Å². The van der Waals surface area contributed by atoms with Gasteiger partial charge in [0.1, 0.15) is 11.5 Å². The Morgan fingerprint density at radius 2 is 0.600 bits per heavy atom. The Morgan fingerprint density at radius 3 is 0.909 bits per heavy atom. The van der Waals surface area contributed by atoms with E-state index in [1.54, 1.807) is 0 Å². The number of hydrogen-bond acceptors (Lipinski definition) is 5. The summed E-state index contributed by atoms with van der Waals surface area (Å²) in [5.74, 6) is 0.906. The molecule has 0 aliphatic rings. The molecule has 0 N–H and O–H groups in total. The molecule has 0 aliphatic heterocycles. The molecule has 0 radical (unpaired) electrons. The summed E-state index contributed by atoms with van der Waals surface area (Å²) in [7, 11) is 0. The summed E-state index contributed by atoms with van der Waals surface area (Å²) < 4.78 is 13.8. The number of hydrogen-bond donors (Lipinski definition) is 0. The van der Waals surface area contributed by atoms with Gasteiger partial charge in [0.15, 0.2) is 0 Å². The number of fused-ring (bicyclic) bond motifs is 7. The van der Waals surface area contributed by atoms with Crippen LogP contribution in [0.25, 0.3) is 108 Å². The van der Waals surface area contributed by atoms with Crippen LogP contribution in [0.15, 0.2) is 188 Å². The second-order valence-corrected chi connectivity index (χ2v) is 14.9. The van der Waals surface area contributed by atoms with Gasteiger partial charge in [-0.25, -0.2) is 9.59 Å². The number of thiophene rings is 1. The Balaban J connectivity index is 1.16. The number of benzene rings is 8. The zero-order valence-corrected chi connectivity index (χ0v) is 30.0. The average Bonchev–Trinajstić information content (AvgIpc) is 3.62. The first-order valence-corrected chi connectivity index (χ1v) is 19.0. The van der Waals surface area contributed by atoms with Crippen molar-refractivity contribution >= 4 is 74.6 Å². The molecular formula is C50H28O4S. The molecule has 3 heterocycles. The van der Waals surface area contributed by atoms with Crippen LogP contribution < -0.4 is 11.3 Å². The molecule has 0 atom stereocenters. The summed E-state index contributed by atoms with van der Waals surface area (Å²) in [5.41, 5.74) is 5.02. The minimum Gasteiger partial charge on any atom is -0.422 e. The fourth-order valence-corrected chi connectivity index (χ4v) is 9.68. The van der Waals surface area contributed by atoms with Crippen molar-refractivity contribution < 1.29 is 8.83 Å². The highest BCUT2D eigenvalue weighted by Gasteiger charge is 2.24. The zero-order valence-electron chi connectivity index (χ0n) is 29.2. The van der Waals surface area contributed by atoms with Crippen LogP contribution in [0.4, 0.5) is 0 Å². The van der Waals surface area contributed by atoms with Crippen molar-refractivity contribution in [3.63, 3.8) is 0 Å². The standard InChI is InChI=1S/C50H28O4S/c51-49-47-41(27-39(53-49)45-35-23-11-7-19-31(35)43(29-15-3-1-4-16-29)32-20-8-12-24-36(32)45)55-42-28-40(54-50(52)48(42)47)46-37-25-13-9-21-33(37)44(30-17-5-2-6-18-30)34-22-10-14-26-38(34)46/h1-28H. The van der Waals surface area contributed by atoms with Crippen molar-refractivity contribution in [3.8, 4) is 44.9 Å². The quantitative estimate of drug-likeness (QED) is 0.170. The average molecular weight is 725 g/mol. The fraction of sp³-hybridized carbons (Fsp3) is 0. The molecular weight excluding hydrogens is 697 g/mol. The van der Waals surface area contributed by atoms with Crippen LogP contribution >= 0.6 is 11.3 Å². The van der Waals surface area contributed by atoms with Gasteiger partial charge in [0.05, 0.1) is 10.8 Å². The zero-order chi connectivity index (χ0) is 36.6. The first-order chi connectivity index (χ1) is 27.1. The van der Waals surface area contributed by atoms with Gasteiger partial charge < -0.3 is 8.83 Å². The highest BCUT2D eigenvalue weighted by Crippen LogP contribution is 2.46. The lowest BCUT2D eigenvalue weighted by Crippen LogP contribution is -2.05. The summed E-state index contributed by atoms with van der Waals surface area (Å²) >= 11 is 1.41. The van der Waals surface area contributed by atoms with Crippen LogP contribution in [0.2, 0.25) is 0 Å². The lowest BCUT2D eigenvalue weighted by molar-refractivity contribution is 0.531. The van der Waals surface area contributed by atoms with Crippen molar-refractivity contribution in [3.05, 3.63) is 191 Å². The van der Waals surface area contributed by atoms with E-state index in [1.807, 2.05) is 97.1 Å². The van der Waals surface area contributed by atoms with Crippen LogP contribution in [0.3, 0.4) is 0 Å². The van der Waals surface area contributed by atoms with Gasteiger partial charge in [0.2, 0.25) is 0 Å². The van der Waals surface area contributed by atoms with Crippen molar-refractivity contribution in [1.29, 1.82) is 0 Å². The molecule has 11 aromatic rings. The van der Waals surface area contributed by atoms with E-state index in [0.29, 0.717) is 20.9 Å². The van der Waals surface area contributed by atoms with Crippen LogP contribution in [-0.2, 0) is 0 Å². The Bertz CT molecular complexity index is 3120. The Kier molecular flexibility index (Phi) is 7.00. The van der Waals surface area contributed by atoms with Gasteiger partial charge in [-0.2, -0.15) is 0 Å².